The molecule has 0 aliphatic heterocycles. The molecule has 0 aliphatic carbocycles. The van der Waals surface area contributed by atoms with Crippen LogP contribution in [-0.2, 0) is 6.42 Å². The molecule has 4 nitrogen and oxygen atoms in total. The summed E-state index contributed by atoms with van der Waals surface area (Å²) in [6, 6.07) is 18.7. The molecule has 0 radical (unpaired) electrons. The summed E-state index contributed by atoms with van der Waals surface area (Å²) in [6.07, 6.45) is 4.40. The smallest absolute Gasteiger partial charge is 0.255 e. The quantitative estimate of drug-likeness (QED) is 0.725. The van der Waals surface area contributed by atoms with E-state index in [1.807, 2.05) is 54.7 Å². The van der Waals surface area contributed by atoms with Crippen LogP contribution in [0.3, 0.4) is 0 Å². The van der Waals surface area contributed by atoms with Gasteiger partial charge in [-0.15, -0.1) is 0 Å². The number of nitrogens with zero attached hydrogens (tertiary/aromatic N) is 1. The second-order valence-corrected chi connectivity index (χ2v) is 5.28. The van der Waals surface area contributed by atoms with Crippen molar-refractivity contribution in [3.05, 3.63) is 89.7 Å². The fraction of sp³-hybridized carbons (Fsp3) is 0.0526. The summed E-state index contributed by atoms with van der Waals surface area (Å²) in [5.41, 5.74) is 9.88. The number of para-hydroxylation sites is 2. The fourth-order valence-electron chi connectivity index (χ4n) is 2.32. The number of nitrogens with two attached hydrogens (primary N) is 1. The molecular formula is C19H17N3O. The van der Waals surface area contributed by atoms with Crippen LogP contribution in [0.4, 0.5) is 11.4 Å². The van der Waals surface area contributed by atoms with Crippen molar-refractivity contribution in [2.24, 2.45) is 0 Å². The number of benzene rings is 2. The lowest BCUT2D eigenvalue weighted by molar-refractivity contribution is 0.102. The van der Waals surface area contributed by atoms with Gasteiger partial charge in [0.05, 0.1) is 11.4 Å². The van der Waals surface area contributed by atoms with Crippen molar-refractivity contribution in [3.63, 3.8) is 0 Å². The van der Waals surface area contributed by atoms with E-state index in [1.54, 1.807) is 18.3 Å². The molecule has 4 heteroatoms. The Bertz CT molecular complexity index is 798. The maximum atomic E-state index is 12.3. The van der Waals surface area contributed by atoms with E-state index in [0.717, 1.165) is 17.5 Å². The van der Waals surface area contributed by atoms with E-state index in [4.69, 9.17) is 5.73 Å². The Hall–Kier alpha value is -3.14. The minimum Gasteiger partial charge on any atom is -0.397 e. The third-order valence-electron chi connectivity index (χ3n) is 3.56. The van der Waals surface area contributed by atoms with E-state index in [2.05, 4.69) is 10.3 Å². The highest BCUT2D eigenvalue weighted by atomic mass is 16.1. The van der Waals surface area contributed by atoms with Crippen LogP contribution in [0.15, 0.2) is 73.1 Å². The number of aromatic nitrogens is 1. The van der Waals surface area contributed by atoms with Crippen LogP contribution in [-0.4, -0.2) is 10.9 Å². The second-order valence-electron chi connectivity index (χ2n) is 5.28. The van der Waals surface area contributed by atoms with Gasteiger partial charge in [0.1, 0.15) is 0 Å². The van der Waals surface area contributed by atoms with Gasteiger partial charge in [0.25, 0.3) is 5.91 Å². The molecule has 114 valence electrons. The monoisotopic (exact) mass is 303 g/mol. The average molecular weight is 303 g/mol. The largest absolute Gasteiger partial charge is 0.397 e. The summed E-state index contributed by atoms with van der Waals surface area (Å²) >= 11 is 0. The zero-order chi connectivity index (χ0) is 16.1. The SMILES string of the molecule is Nc1ccccc1NC(=O)c1ccc(Cc2cccnc2)cc1. The van der Waals surface area contributed by atoms with Crippen LogP contribution >= 0.6 is 0 Å². The van der Waals surface area contributed by atoms with Crippen molar-refractivity contribution >= 4 is 17.3 Å². The van der Waals surface area contributed by atoms with Gasteiger partial charge in [-0.05, 0) is 47.9 Å². The Morgan fingerprint density at radius 2 is 1.74 bits per heavy atom. The first-order valence-electron chi connectivity index (χ1n) is 7.36. The van der Waals surface area contributed by atoms with E-state index < -0.39 is 0 Å². The van der Waals surface area contributed by atoms with Crippen molar-refractivity contribution < 1.29 is 4.79 Å². The fourth-order valence-corrected chi connectivity index (χ4v) is 2.32. The number of anilines is 2. The third-order valence-corrected chi connectivity index (χ3v) is 3.56. The molecule has 0 aliphatic rings. The molecule has 0 unspecified atom stereocenters. The van der Waals surface area contributed by atoms with Crippen molar-refractivity contribution in [2.75, 3.05) is 11.1 Å². The van der Waals surface area contributed by atoms with Gasteiger partial charge in [0.2, 0.25) is 0 Å². The van der Waals surface area contributed by atoms with E-state index >= 15 is 0 Å². The number of hydrogen-bond donors (Lipinski definition) is 2. The molecule has 3 aromatic rings. The molecule has 0 atom stereocenters. The molecule has 3 rings (SSSR count). The van der Waals surface area contributed by atoms with Crippen molar-refractivity contribution in [1.29, 1.82) is 0 Å². The highest BCUT2D eigenvalue weighted by molar-refractivity contribution is 6.05. The number of carbonyl (C=O) groups excluding carboxylic acids is 1. The molecule has 3 N–H and O–H groups in total. The highest BCUT2D eigenvalue weighted by Crippen LogP contribution is 2.18. The molecule has 0 spiro atoms. The normalized spacial score (nSPS) is 10.3. The van der Waals surface area contributed by atoms with Crippen LogP contribution in [0.1, 0.15) is 21.5 Å². The predicted octanol–water partition coefficient (Wildman–Crippen LogP) is 3.51. The number of nitrogens with one attached hydrogen (secondary N) is 1. The maximum Gasteiger partial charge on any atom is 0.255 e. The Balaban J connectivity index is 1.69. The lowest BCUT2D eigenvalue weighted by Crippen LogP contribution is -2.13. The van der Waals surface area contributed by atoms with Gasteiger partial charge in [-0.2, -0.15) is 0 Å². The number of amides is 1. The van der Waals surface area contributed by atoms with Crippen LogP contribution in [0.2, 0.25) is 0 Å². The third kappa shape index (κ3) is 3.74. The number of nitrogen functional groups attached to an aromatic ring is 1. The molecule has 2 aromatic carbocycles. The van der Waals surface area contributed by atoms with Gasteiger partial charge in [-0.25, -0.2) is 0 Å². The van der Waals surface area contributed by atoms with Crippen molar-refractivity contribution in [1.82, 2.24) is 4.98 Å². The Morgan fingerprint density at radius 1 is 0.957 bits per heavy atom. The number of hydrogen-bond acceptors (Lipinski definition) is 3. The van der Waals surface area contributed by atoms with Gasteiger partial charge in [-0.3, -0.25) is 9.78 Å². The lowest BCUT2D eigenvalue weighted by atomic mass is 10.0. The summed E-state index contributed by atoms with van der Waals surface area (Å²) in [4.78, 5) is 16.4. The summed E-state index contributed by atoms with van der Waals surface area (Å²) < 4.78 is 0. The summed E-state index contributed by atoms with van der Waals surface area (Å²) in [5.74, 6) is -0.171. The molecule has 1 amide bonds. The van der Waals surface area contributed by atoms with E-state index in [9.17, 15) is 4.79 Å². The van der Waals surface area contributed by atoms with Crippen LogP contribution in [0.5, 0.6) is 0 Å². The predicted molar refractivity (Wildman–Crippen MR) is 92.3 cm³/mol. The number of rotatable bonds is 4. The number of carbonyl (C=O) groups is 1. The van der Waals surface area contributed by atoms with E-state index in [-0.39, 0.29) is 5.91 Å². The molecule has 1 heterocycles. The minimum atomic E-state index is -0.171. The first-order valence-corrected chi connectivity index (χ1v) is 7.36. The molecule has 0 fully saturated rings. The summed E-state index contributed by atoms with van der Waals surface area (Å²) in [7, 11) is 0. The lowest BCUT2D eigenvalue weighted by Gasteiger charge is -2.08. The van der Waals surface area contributed by atoms with Gasteiger partial charge in [0.15, 0.2) is 0 Å². The topological polar surface area (TPSA) is 68.0 Å². The molecule has 0 bridgehead atoms. The molecule has 1 aromatic heterocycles. The average Bonchev–Trinajstić information content (AvgIpc) is 2.58. The highest BCUT2D eigenvalue weighted by Gasteiger charge is 2.07. The van der Waals surface area contributed by atoms with E-state index in [1.165, 1.54) is 0 Å². The Kier molecular flexibility index (Phi) is 4.34. The standard InChI is InChI=1S/C19H17N3O/c20-17-5-1-2-6-18(17)22-19(23)16-9-7-14(8-10-16)12-15-4-3-11-21-13-15/h1-11,13H,12,20H2,(H,22,23). The zero-order valence-corrected chi connectivity index (χ0v) is 12.6. The second kappa shape index (κ2) is 6.75. The molecule has 23 heavy (non-hydrogen) atoms. The van der Waals surface area contributed by atoms with E-state index in [0.29, 0.717) is 16.9 Å². The Morgan fingerprint density at radius 3 is 2.43 bits per heavy atom. The minimum absolute atomic E-state index is 0.171. The van der Waals surface area contributed by atoms with Crippen LogP contribution in [0.25, 0.3) is 0 Å². The number of pyridine rings is 1. The van der Waals surface area contributed by atoms with Gasteiger partial charge < -0.3 is 11.1 Å². The van der Waals surface area contributed by atoms with Crippen LogP contribution in [0, 0.1) is 0 Å². The van der Waals surface area contributed by atoms with Crippen molar-refractivity contribution in [2.45, 2.75) is 6.42 Å². The Labute approximate surface area is 135 Å². The molecular weight excluding hydrogens is 286 g/mol. The van der Waals surface area contributed by atoms with Gasteiger partial charge >= 0.3 is 0 Å². The molecule has 0 saturated carbocycles. The summed E-state index contributed by atoms with van der Waals surface area (Å²) in [6.45, 7) is 0. The van der Waals surface area contributed by atoms with Crippen LogP contribution < -0.4 is 11.1 Å². The van der Waals surface area contributed by atoms with Crippen molar-refractivity contribution in [3.8, 4) is 0 Å². The first-order chi connectivity index (χ1) is 11.2. The van der Waals surface area contributed by atoms with Gasteiger partial charge in [0, 0.05) is 18.0 Å². The first kappa shape index (κ1) is 14.8. The van der Waals surface area contributed by atoms with Gasteiger partial charge in [-0.1, -0.05) is 30.3 Å². The summed E-state index contributed by atoms with van der Waals surface area (Å²) in [5, 5.41) is 2.82. The maximum absolute atomic E-state index is 12.3. The zero-order valence-electron chi connectivity index (χ0n) is 12.6. The molecule has 0 saturated heterocycles.